The van der Waals surface area contributed by atoms with Crippen LogP contribution in [-0.4, -0.2) is 32.2 Å². The molecule has 0 aliphatic rings. The van der Waals surface area contributed by atoms with Crippen molar-refractivity contribution in [2.45, 2.75) is 6.54 Å². The predicted octanol–water partition coefficient (Wildman–Crippen LogP) is 2.42. The second kappa shape index (κ2) is 7.97. The van der Waals surface area contributed by atoms with Gasteiger partial charge >= 0.3 is 0 Å². The topological polar surface area (TPSA) is 89.8 Å². The van der Waals surface area contributed by atoms with Crippen molar-refractivity contribution in [3.63, 3.8) is 0 Å². The van der Waals surface area contributed by atoms with E-state index in [9.17, 15) is 14.0 Å². The van der Waals surface area contributed by atoms with Crippen LogP contribution in [0.15, 0.2) is 71.7 Å². The molecule has 0 unspecified atom stereocenters. The summed E-state index contributed by atoms with van der Waals surface area (Å²) in [6.07, 6.45) is 1.41. The molecule has 1 N–H and O–H groups in total. The van der Waals surface area contributed by atoms with Gasteiger partial charge in [-0.3, -0.25) is 14.6 Å². The number of amides is 1. The van der Waals surface area contributed by atoms with Crippen molar-refractivity contribution in [1.82, 2.24) is 25.1 Å². The number of carbonyl (C=O) groups excluding carboxylic acids is 1. The van der Waals surface area contributed by atoms with Crippen molar-refractivity contribution in [3.8, 4) is 11.3 Å². The summed E-state index contributed by atoms with van der Waals surface area (Å²) in [5.74, 6) is -0.729. The SMILES string of the molecule is O=C(NCCn1nc(-c2ccc(F)cc2)ccc1=O)c1cnc2ccccc2n1. The van der Waals surface area contributed by atoms with Crippen molar-refractivity contribution in [3.05, 3.63) is 88.7 Å². The molecule has 0 aliphatic heterocycles. The lowest BCUT2D eigenvalue weighted by Gasteiger charge is -2.08. The first kappa shape index (κ1) is 18.4. The van der Waals surface area contributed by atoms with Crippen LogP contribution in [0.1, 0.15) is 10.5 Å². The van der Waals surface area contributed by atoms with E-state index in [2.05, 4.69) is 20.4 Å². The molecule has 8 heteroatoms. The number of carbonyl (C=O) groups is 1. The van der Waals surface area contributed by atoms with E-state index in [0.717, 1.165) is 0 Å². The molecule has 2 aromatic heterocycles. The van der Waals surface area contributed by atoms with Crippen LogP contribution in [0.4, 0.5) is 4.39 Å². The summed E-state index contributed by atoms with van der Waals surface area (Å²) < 4.78 is 14.3. The van der Waals surface area contributed by atoms with Gasteiger partial charge in [-0.1, -0.05) is 12.1 Å². The zero-order valence-electron chi connectivity index (χ0n) is 15.2. The van der Waals surface area contributed by atoms with Crippen LogP contribution in [0.3, 0.4) is 0 Å². The lowest BCUT2D eigenvalue weighted by Crippen LogP contribution is -2.32. The second-order valence-electron chi connectivity index (χ2n) is 6.29. The molecule has 0 bridgehead atoms. The molecule has 4 aromatic rings. The van der Waals surface area contributed by atoms with Gasteiger partial charge in [-0.05, 0) is 42.5 Å². The van der Waals surface area contributed by atoms with E-state index >= 15 is 0 Å². The molecule has 0 saturated heterocycles. The number of benzene rings is 2. The first-order valence-electron chi connectivity index (χ1n) is 8.94. The second-order valence-corrected chi connectivity index (χ2v) is 6.29. The highest BCUT2D eigenvalue weighted by molar-refractivity contribution is 5.93. The Balaban J connectivity index is 1.44. The molecule has 2 heterocycles. The van der Waals surface area contributed by atoms with Gasteiger partial charge < -0.3 is 5.32 Å². The smallest absolute Gasteiger partial charge is 0.271 e. The van der Waals surface area contributed by atoms with E-state index in [1.54, 1.807) is 24.3 Å². The van der Waals surface area contributed by atoms with Gasteiger partial charge in [-0.15, -0.1) is 0 Å². The molecule has 7 nitrogen and oxygen atoms in total. The molecule has 4 rings (SSSR count). The van der Waals surface area contributed by atoms with E-state index in [4.69, 9.17) is 0 Å². The Morgan fingerprint density at radius 1 is 1.00 bits per heavy atom. The molecule has 144 valence electrons. The molecule has 0 radical (unpaired) electrons. The predicted molar refractivity (Wildman–Crippen MR) is 106 cm³/mol. The monoisotopic (exact) mass is 389 g/mol. The van der Waals surface area contributed by atoms with Gasteiger partial charge in [0.05, 0.1) is 29.5 Å². The largest absolute Gasteiger partial charge is 0.349 e. The van der Waals surface area contributed by atoms with Crippen molar-refractivity contribution < 1.29 is 9.18 Å². The average Bonchev–Trinajstić information content (AvgIpc) is 2.75. The maximum atomic E-state index is 13.1. The summed E-state index contributed by atoms with van der Waals surface area (Å²) >= 11 is 0. The molecule has 0 fully saturated rings. The maximum absolute atomic E-state index is 13.1. The highest BCUT2D eigenvalue weighted by Gasteiger charge is 2.09. The minimum Gasteiger partial charge on any atom is -0.349 e. The van der Waals surface area contributed by atoms with Crippen LogP contribution in [0, 0.1) is 5.82 Å². The number of aromatic nitrogens is 4. The molecule has 1 amide bonds. The lowest BCUT2D eigenvalue weighted by atomic mass is 10.1. The van der Waals surface area contributed by atoms with Gasteiger partial charge in [0.1, 0.15) is 11.5 Å². The Morgan fingerprint density at radius 3 is 2.55 bits per heavy atom. The van der Waals surface area contributed by atoms with Crippen LogP contribution in [0.5, 0.6) is 0 Å². The summed E-state index contributed by atoms with van der Waals surface area (Å²) in [4.78, 5) is 32.9. The van der Waals surface area contributed by atoms with Crippen LogP contribution >= 0.6 is 0 Å². The van der Waals surface area contributed by atoms with Gasteiger partial charge in [-0.2, -0.15) is 5.10 Å². The van der Waals surface area contributed by atoms with Gasteiger partial charge in [-0.25, -0.2) is 14.1 Å². The van der Waals surface area contributed by atoms with Crippen molar-refractivity contribution >= 4 is 16.9 Å². The molecule has 0 saturated carbocycles. The molecular weight excluding hydrogens is 373 g/mol. The molecule has 29 heavy (non-hydrogen) atoms. The lowest BCUT2D eigenvalue weighted by molar-refractivity contribution is 0.0946. The summed E-state index contributed by atoms with van der Waals surface area (Å²) in [6, 6.07) is 16.1. The highest BCUT2D eigenvalue weighted by atomic mass is 19.1. The number of nitrogens with one attached hydrogen (secondary N) is 1. The van der Waals surface area contributed by atoms with Gasteiger partial charge in [0.15, 0.2) is 0 Å². The normalized spacial score (nSPS) is 10.8. The minimum absolute atomic E-state index is 0.181. The standard InChI is InChI=1S/C21H16FN5O2/c22-15-7-5-14(6-8-15)16-9-10-20(28)27(26-16)12-11-23-21(29)19-13-24-17-3-1-2-4-18(17)25-19/h1-10,13H,11-12H2,(H,23,29). The molecule has 2 aromatic carbocycles. The van der Waals surface area contributed by atoms with Gasteiger partial charge in [0.25, 0.3) is 11.5 Å². The number of hydrogen-bond donors (Lipinski definition) is 1. The fraction of sp³-hybridized carbons (Fsp3) is 0.0952. The zero-order valence-corrected chi connectivity index (χ0v) is 15.2. The fourth-order valence-corrected chi connectivity index (χ4v) is 2.82. The van der Waals surface area contributed by atoms with E-state index in [0.29, 0.717) is 22.3 Å². The number of halogens is 1. The van der Waals surface area contributed by atoms with Crippen molar-refractivity contribution in [2.24, 2.45) is 0 Å². The molecule has 0 spiro atoms. The first-order valence-corrected chi connectivity index (χ1v) is 8.94. The first-order chi connectivity index (χ1) is 14.1. The van der Waals surface area contributed by atoms with E-state index in [1.807, 2.05) is 18.2 Å². The van der Waals surface area contributed by atoms with E-state index < -0.39 is 0 Å². The highest BCUT2D eigenvalue weighted by Crippen LogP contribution is 2.15. The zero-order chi connectivity index (χ0) is 20.2. The minimum atomic E-state index is -0.383. The number of para-hydroxylation sites is 2. The van der Waals surface area contributed by atoms with Gasteiger partial charge in [0.2, 0.25) is 0 Å². The van der Waals surface area contributed by atoms with Gasteiger partial charge in [0, 0.05) is 18.2 Å². The van der Waals surface area contributed by atoms with Crippen LogP contribution in [0.25, 0.3) is 22.3 Å². The molecule has 0 aliphatic carbocycles. The summed E-state index contributed by atoms with van der Waals surface area (Å²) in [5, 5.41) is 7.00. The third kappa shape index (κ3) is 4.16. The average molecular weight is 389 g/mol. The summed E-state index contributed by atoms with van der Waals surface area (Å²) in [6.45, 7) is 0.369. The summed E-state index contributed by atoms with van der Waals surface area (Å²) in [7, 11) is 0. The Labute approximate surface area is 164 Å². The number of fused-ring (bicyclic) bond motifs is 1. The third-order valence-corrected chi connectivity index (χ3v) is 4.30. The van der Waals surface area contributed by atoms with Crippen molar-refractivity contribution in [2.75, 3.05) is 6.54 Å². The summed E-state index contributed by atoms with van der Waals surface area (Å²) in [5.41, 5.74) is 2.47. The number of nitrogens with zero attached hydrogens (tertiary/aromatic N) is 4. The molecular formula is C21H16FN5O2. The third-order valence-electron chi connectivity index (χ3n) is 4.30. The number of hydrogen-bond acceptors (Lipinski definition) is 5. The fourth-order valence-electron chi connectivity index (χ4n) is 2.82. The number of rotatable bonds is 5. The maximum Gasteiger partial charge on any atom is 0.271 e. The quantitative estimate of drug-likeness (QED) is 0.566. The van der Waals surface area contributed by atoms with Crippen LogP contribution < -0.4 is 10.9 Å². The Bertz CT molecular complexity index is 1240. The Kier molecular flexibility index (Phi) is 5.07. The Hall–Kier alpha value is -3.94. The van der Waals surface area contributed by atoms with E-state index in [-0.39, 0.29) is 36.1 Å². The Morgan fingerprint density at radius 2 is 1.76 bits per heavy atom. The van der Waals surface area contributed by atoms with Crippen molar-refractivity contribution in [1.29, 1.82) is 0 Å². The van der Waals surface area contributed by atoms with Crippen LogP contribution in [0.2, 0.25) is 0 Å². The molecule has 0 atom stereocenters. The van der Waals surface area contributed by atoms with Crippen LogP contribution in [-0.2, 0) is 6.54 Å². The van der Waals surface area contributed by atoms with E-state index in [1.165, 1.54) is 29.1 Å².